The van der Waals surface area contributed by atoms with E-state index in [0.717, 1.165) is 39.1 Å². The van der Waals surface area contributed by atoms with Crippen molar-refractivity contribution in [1.29, 1.82) is 0 Å². The number of carbonyl (C=O) groups excluding carboxylic acids is 1. The first-order valence-electron chi connectivity index (χ1n) is 7.92. The van der Waals surface area contributed by atoms with Crippen LogP contribution in [0.1, 0.15) is 12.0 Å². The SMILES string of the molecule is O=C([C@H]1COCCO1)N1CCCN(Cc2ccncc2)CC1. The second-order valence-electron chi connectivity index (χ2n) is 5.74. The molecule has 0 bridgehead atoms. The van der Waals surface area contributed by atoms with E-state index in [1.165, 1.54) is 5.56 Å². The van der Waals surface area contributed by atoms with Crippen LogP contribution in [0.4, 0.5) is 0 Å². The summed E-state index contributed by atoms with van der Waals surface area (Å²) >= 11 is 0. The molecule has 2 aliphatic heterocycles. The van der Waals surface area contributed by atoms with Crippen LogP contribution >= 0.6 is 0 Å². The van der Waals surface area contributed by atoms with E-state index in [4.69, 9.17) is 9.47 Å². The molecule has 1 atom stereocenters. The van der Waals surface area contributed by atoms with E-state index < -0.39 is 6.10 Å². The molecule has 0 aromatic carbocycles. The number of pyridine rings is 1. The van der Waals surface area contributed by atoms with Crippen LogP contribution in [0.5, 0.6) is 0 Å². The van der Waals surface area contributed by atoms with Crippen molar-refractivity contribution in [2.24, 2.45) is 0 Å². The fourth-order valence-electron chi connectivity index (χ4n) is 2.93. The monoisotopic (exact) mass is 305 g/mol. The minimum Gasteiger partial charge on any atom is -0.376 e. The Balaban J connectivity index is 1.52. The summed E-state index contributed by atoms with van der Waals surface area (Å²) in [6.45, 7) is 5.84. The Morgan fingerprint density at radius 2 is 2.05 bits per heavy atom. The molecule has 0 N–H and O–H groups in total. The maximum Gasteiger partial charge on any atom is 0.254 e. The minimum absolute atomic E-state index is 0.0745. The summed E-state index contributed by atoms with van der Waals surface area (Å²) in [6, 6.07) is 4.09. The first-order valence-corrected chi connectivity index (χ1v) is 7.92. The predicted octanol–water partition coefficient (Wildman–Crippen LogP) is 0.531. The lowest BCUT2D eigenvalue weighted by molar-refractivity contribution is -0.157. The summed E-state index contributed by atoms with van der Waals surface area (Å²) in [4.78, 5) is 20.8. The number of ether oxygens (including phenoxy) is 2. The van der Waals surface area contributed by atoms with E-state index in [9.17, 15) is 4.79 Å². The van der Waals surface area contributed by atoms with Crippen LogP contribution in [0.15, 0.2) is 24.5 Å². The van der Waals surface area contributed by atoms with Gasteiger partial charge in [-0.3, -0.25) is 14.7 Å². The molecule has 22 heavy (non-hydrogen) atoms. The zero-order valence-electron chi connectivity index (χ0n) is 12.8. The van der Waals surface area contributed by atoms with Gasteiger partial charge in [-0.25, -0.2) is 0 Å². The van der Waals surface area contributed by atoms with Crippen molar-refractivity contribution >= 4 is 5.91 Å². The van der Waals surface area contributed by atoms with Gasteiger partial charge in [-0.1, -0.05) is 0 Å². The van der Waals surface area contributed by atoms with Crippen LogP contribution in [0.2, 0.25) is 0 Å². The summed E-state index contributed by atoms with van der Waals surface area (Å²) < 4.78 is 10.9. The van der Waals surface area contributed by atoms with E-state index in [1.54, 1.807) is 0 Å². The minimum atomic E-state index is -0.416. The summed E-state index contributed by atoms with van der Waals surface area (Å²) in [6.07, 6.45) is 4.22. The highest BCUT2D eigenvalue weighted by atomic mass is 16.6. The van der Waals surface area contributed by atoms with Gasteiger partial charge in [0.15, 0.2) is 6.10 Å². The number of carbonyl (C=O) groups is 1. The van der Waals surface area contributed by atoms with Crippen molar-refractivity contribution in [3.63, 3.8) is 0 Å². The summed E-state index contributed by atoms with van der Waals surface area (Å²) in [5, 5.41) is 0. The Kier molecular flexibility index (Phi) is 5.37. The Hall–Kier alpha value is -1.50. The van der Waals surface area contributed by atoms with Gasteiger partial charge in [0.05, 0.1) is 19.8 Å². The molecule has 1 aromatic heterocycles. The van der Waals surface area contributed by atoms with Gasteiger partial charge in [0, 0.05) is 45.1 Å². The van der Waals surface area contributed by atoms with E-state index >= 15 is 0 Å². The highest BCUT2D eigenvalue weighted by Gasteiger charge is 2.28. The summed E-state index contributed by atoms with van der Waals surface area (Å²) in [7, 11) is 0. The maximum absolute atomic E-state index is 12.5. The Morgan fingerprint density at radius 1 is 1.18 bits per heavy atom. The van der Waals surface area contributed by atoms with Crippen molar-refractivity contribution in [3.8, 4) is 0 Å². The zero-order chi connectivity index (χ0) is 15.2. The highest BCUT2D eigenvalue weighted by molar-refractivity contribution is 5.81. The van der Waals surface area contributed by atoms with Gasteiger partial charge in [0.25, 0.3) is 5.91 Å². The third kappa shape index (κ3) is 4.03. The van der Waals surface area contributed by atoms with Crippen LogP contribution in [0.3, 0.4) is 0 Å². The van der Waals surface area contributed by atoms with Crippen molar-refractivity contribution in [2.75, 3.05) is 46.0 Å². The molecule has 2 aliphatic rings. The molecule has 3 heterocycles. The summed E-state index contributed by atoms with van der Waals surface area (Å²) in [5.74, 6) is 0.0745. The standard InChI is InChI=1S/C16H23N3O3/c20-16(15-13-21-10-11-22-15)19-7-1-6-18(8-9-19)12-14-2-4-17-5-3-14/h2-5,15H,1,6-13H2/t15-/m1/s1. The molecule has 0 radical (unpaired) electrons. The van der Waals surface area contributed by atoms with Crippen LogP contribution in [-0.4, -0.2) is 72.8 Å². The van der Waals surface area contributed by atoms with Gasteiger partial charge >= 0.3 is 0 Å². The molecule has 1 amide bonds. The van der Waals surface area contributed by atoms with Crippen molar-refractivity contribution in [1.82, 2.24) is 14.8 Å². The predicted molar refractivity (Wildman–Crippen MR) is 81.3 cm³/mol. The molecule has 2 saturated heterocycles. The van der Waals surface area contributed by atoms with Crippen LogP contribution in [0.25, 0.3) is 0 Å². The lowest BCUT2D eigenvalue weighted by Crippen LogP contribution is -2.46. The van der Waals surface area contributed by atoms with Crippen LogP contribution in [0, 0.1) is 0 Å². The fraction of sp³-hybridized carbons (Fsp3) is 0.625. The molecule has 2 fully saturated rings. The molecule has 0 spiro atoms. The van der Waals surface area contributed by atoms with E-state index in [-0.39, 0.29) is 5.91 Å². The van der Waals surface area contributed by atoms with Crippen molar-refractivity contribution < 1.29 is 14.3 Å². The van der Waals surface area contributed by atoms with Gasteiger partial charge in [0.2, 0.25) is 0 Å². The lowest BCUT2D eigenvalue weighted by Gasteiger charge is -2.28. The molecular weight excluding hydrogens is 282 g/mol. The fourth-order valence-corrected chi connectivity index (χ4v) is 2.93. The van der Waals surface area contributed by atoms with E-state index in [1.807, 2.05) is 29.4 Å². The Morgan fingerprint density at radius 3 is 2.82 bits per heavy atom. The van der Waals surface area contributed by atoms with Gasteiger partial charge < -0.3 is 14.4 Å². The topological polar surface area (TPSA) is 54.9 Å². The Bertz CT molecular complexity index is 477. The van der Waals surface area contributed by atoms with Crippen LogP contribution < -0.4 is 0 Å². The average molecular weight is 305 g/mol. The smallest absolute Gasteiger partial charge is 0.254 e. The van der Waals surface area contributed by atoms with Gasteiger partial charge in [-0.05, 0) is 24.1 Å². The molecule has 6 nitrogen and oxygen atoms in total. The number of rotatable bonds is 3. The second-order valence-corrected chi connectivity index (χ2v) is 5.74. The molecule has 6 heteroatoms. The molecule has 3 rings (SSSR count). The second kappa shape index (κ2) is 7.67. The third-order valence-corrected chi connectivity index (χ3v) is 4.15. The number of hydrogen-bond donors (Lipinski definition) is 0. The molecule has 1 aromatic rings. The van der Waals surface area contributed by atoms with Gasteiger partial charge in [-0.2, -0.15) is 0 Å². The first kappa shape index (κ1) is 15.4. The average Bonchev–Trinajstić information content (AvgIpc) is 2.82. The quantitative estimate of drug-likeness (QED) is 0.815. The number of amides is 1. The first-order chi connectivity index (χ1) is 10.8. The molecular formula is C16H23N3O3. The van der Waals surface area contributed by atoms with Gasteiger partial charge in [-0.15, -0.1) is 0 Å². The number of aromatic nitrogens is 1. The Labute approximate surface area is 131 Å². The zero-order valence-corrected chi connectivity index (χ0v) is 12.8. The number of hydrogen-bond acceptors (Lipinski definition) is 5. The molecule has 0 aliphatic carbocycles. The number of nitrogens with zero attached hydrogens (tertiary/aromatic N) is 3. The van der Waals surface area contributed by atoms with E-state index in [0.29, 0.717) is 19.8 Å². The summed E-state index contributed by atoms with van der Waals surface area (Å²) in [5.41, 5.74) is 1.26. The van der Waals surface area contributed by atoms with Gasteiger partial charge in [0.1, 0.15) is 0 Å². The largest absolute Gasteiger partial charge is 0.376 e. The maximum atomic E-state index is 12.5. The normalized spacial score (nSPS) is 24.0. The highest BCUT2D eigenvalue weighted by Crippen LogP contribution is 2.11. The van der Waals surface area contributed by atoms with Crippen molar-refractivity contribution in [3.05, 3.63) is 30.1 Å². The van der Waals surface area contributed by atoms with Crippen molar-refractivity contribution in [2.45, 2.75) is 19.1 Å². The lowest BCUT2D eigenvalue weighted by atomic mass is 10.2. The van der Waals surface area contributed by atoms with E-state index in [2.05, 4.69) is 9.88 Å². The molecule has 120 valence electrons. The van der Waals surface area contributed by atoms with Crippen LogP contribution in [-0.2, 0) is 20.8 Å². The molecule has 0 unspecified atom stereocenters. The molecule has 0 saturated carbocycles. The third-order valence-electron chi connectivity index (χ3n) is 4.15.